The maximum absolute atomic E-state index is 12.1. The quantitative estimate of drug-likeness (QED) is 0.140. The lowest BCUT2D eigenvalue weighted by Gasteiger charge is -2.34. The molecule has 0 radical (unpaired) electrons. The van der Waals surface area contributed by atoms with Gasteiger partial charge in [0.2, 0.25) is 0 Å². The summed E-state index contributed by atoms with van der Waals surface area (Å²) in [6.45, 7) is 9.24. The lowest BCUT2D eigenvalue weighted by atomic mass is 10.1. The number of methoxy groups -OCH3 is 4. The van der Waals surface area contributed by atoms with Gasteiger partial charge in [-0.1, -0.05) is 48.5 Å². The minimum atomic E-state index is -0.361. The van der Waals surface area contributed by atoms with Crippen molar-refractivity contribution in [1.82, 2.24) is 19.6 Å². The summed E-state index contributed by atoms with van der Waals surface area (Å²) in [7, 11) is 5.53. The molecule has 1 saturated heterocycles. The van der Waals surface area contributed by atoms with Crippen molar-refractivity contribution in [3.63, 3.8) is 0 Å². The molecular formula is C44H52N4O8. The van der Waals surface area contributed by atoms with Gasteiger partial charge in [-0.2, -0.15) is 0 Å². The highest BCUT2D eigenvalue weighted by molar-refractivity contribution is 5.90. The van der Waals surface area contributed by atoms with Gasteiger partial charge in [0.1, 0.15) is 0 Å². The molecule has 0 amide bonds. The van der Waals surface area contributed by atoms with Crippen molar-refractivity contribution in [2.45, 2.75) is 26.2 Å². The third-order valence-corrected chi connectivity index (χ3v) is 10.1. The van der Waals surface area contributed by atoms with Crippen molar-refractivity contribution in [2.75, 3.05) is 80.8 Å². The molecule has 5 rings (SSSR count). The van der Waals surface area contributed by atoms with E-state index in [-0.39, 0.29) is 23.9 Å². The zero-order valence-corrected chi connectivity index (χ0v) is 32.8. The Labute approximate surface area is 329 Å². The summed E-state index contributed by atoms with van der Waals surface area (Å²) in [5, 5.41) is 0. The summed E-state index contributed by atoms with van der Waals surface area (Å²) < 4.78 is 19.6. The highest BCUT2D eigenvalue weighted by atomic mass is 16.5. The van der Waals surface area contributed by atoms with Crippen LogP contribution in [0.3, 0.4) is 0 Å². The van der Waals surface area contributed by atoms with Crippen LogP contribution in [0, 0.1) is 0 Å². The first kappa shape index (κ1) is 41.8. The fourth-order valence-electron chi connectivity index (χ4n) is 6.70. The highest BCUT2D eigenvalue weighted by Gasteiger charge is 2.19. The molecule has 1 aliphatic rings. The number of carbonyl (C=O) groups is 4. The molecule has 12 heteroatoms. The van der Waals surface area contributed by atoms with Crippen LogP contribution in [-0.2, 0) is 45.1 Å². The Bertz CT molecular complexity index is 1590. The van der Waals surface area contributed by atoms with Gasteiger partial charge in [-0.25, -0.2) is 19.2 Å². The van der Waals surface area contributed by atoms with Gasteiger partial charge in [-0.15, -0.1) is 0 Å². The van der Waals surface area contributed by atoms with Crippen molar-refractivity contribution in [2.24, 2.45) is 0 Å². The summed E-state index contributed by atoms with van der Waals surface area (Å²) in [6.07, 6.45) is 0. The van der Waals surface area contributed by atoms with Gasteiger partial charge >= 0.3 is 23.9 Å². The number of hydrogen-bond acceptors (Lipinski definition) is 12. The molecular weight excluding hydrogens is 713 g/mol. The third-order valence-electron chi connectivity index (χ3n) is 10.1. The van der Waals surface area contributed by atoms with Crippen LogP contribution in [0.4, 0.5) is 0 Å². The fourth-order valence-corrected chi connectivity index (χ4v) is 6.70. The molecule has 0 atom stereocenters. The van der Waals surface area contributed by atoms with E-state index in [9.17, 15) is 19.2 Å². The molecule has 0 aliphatic carbocycles. The van der Waals surface area contributed by atoms with Gasteiger partial charge in [-0.05, 0) is 70.8 Å². The molecule has 12 nitrogen and oxygen atoms in total. The summed E-state index contributed by atoms with van der Waals surface area (Å²) >= 11 is 0. The predicted octanol–water partition coefficient (Wildman–Crippen LogP) is 5.16. The average Bonchev–Trinajstić information content (AvgIpc) is 3.24. The summed E-state index contributed by atoms with van der Waals surface area (Å²) in [6, 6.07) is 30.4. The predicted molar refractivity (Wildman–Crippen MR) is 212 cm³/mol. The van der Waals surface area contributed by atoms with E-state index in [1.807, 2.05) is 97.1 Å². The topological polar surface area (TPSA) is 118 Å². The van der Waals surface area contributed by atoms with Crippen LogP contribution in [0.5, 0.6) is 0 Å². The molecule has 0 saturated carbocycles. The van der Waals surface area contributed by atoms with Crippen molar-refractivity contribution in [3.8, 4) is 0 Å². The van der Waals surface area contributed by atoms with Gasteiger partial charge in [0.15, 0.2) is 0 Å². The van der Waals surface area contributed by atoms with Crippen LogP contribution in [0.25, 0.3) is 0 Å². The number of benzene rings is 4. The van der Waals surface area contributed by atoms with E-state index in [2.05, 4.69) is 19.6 Å². The highest BCUT2D eigenvalue weighted by Crippen LogP contribution is 2.16. The number of carbonyl (C=O) groups excluding carboxylic acids is 4. The van der Waals surface area contributed by atoms with E-state index in [4.69, 9.17) is 18.9 Å². The largest absolute Gasteiger partial charge is 0.465 e. The standard InChI is InChI=1S/C44H52N4O8/c1-53-41(49)37-13-5-33(6-14-37)29-45-21-23-46(30-34-7-15-38(16-8-34)42(50)54-2)25-27-48(32-36-11-19-40(20-12-36)44(52)56-4)28-26-47(24-22-45)31-35-9-17-39(18-10-35)43(51)55-3/h5-20H,21-32H2,1-4H3. The molecule has 296 valence electrons. The Hall–Kier alpha value is -5.40. The molecule has 4 aromatic rings. The van der Waals surface area contributed by atoms with Gasteiger partial charge in [-0.3, -0.25) is 19.6 Å². The number of rotatable bonds is 12. The van der Waals surface area contributed by atoms with Crippen molar-refractivity contribution >= 4 is 23.9 Å². The van der Waals surface area contributed by atoms with Gasteiger partial charge in [0.05, 0.1) is 50.7 Å². The molecule has 56 heavy (non-hydrogen) atoms. The second kappa shape index (κ2) is 21.1. The Morgan fingerprint density at radius 2 is 0.500 bits per heavy atom. The smallest absolute Gasteiger partial charge is 0.337 e. The minimum Gasteiger partial charge on any atom is -0.465 e. The molecule has 0 unspecified atom stereocenters. The van der Waals surface area contributed by atoms with Crippen molar-refractivity contribution < 1.29 is 38.1 Å². The Morgan fingerprint density at radius 3 is 0.643 bits per heavy atom. The number of nitrogens with zero attached hydrogens (tertiary/aromatic N) is 4. The molecule has 0 bridgehead atoms. The van der Waals surface area contributed by atoms with Gasteiger partial charge < -0.3 is 18.9 Å². The van der Waals surface area contributed by atoms with E-state index in [1.165, 1.54) is 28.4 Å². The lowest BCUT2D eigenvalue weighted by molar-refractivity contribution is 0.0591. The molecule has 0 spiro atoms. The maximum atomic E-state index is 12.1. The maximum Gasteiger partial charge on any atom is 0.337 e. The second-order valence-electron chi connectivity index (χ2n) is 13.9. The lowest BCUT2D eigenvalue weighted by Crippen LogP contribution is -2.45. The molecule has 0 aromatic heterocycles. The summed E-state index contributed by atoms with van der Waals surface area (Å²) in [4.78, 5) is 58.2. The van der Waals surface area contributed by atoms with Crippen LogP contribution in [0.1, 0.15) is 63.7 Å². The van der Waals surface area contributed by atoms with E-state index in [0.717, 1.165) is 74.6 Å². The number of ether oxygens (including phenoxy) is 4. The Kier molecular flexibility index (Phi) is 15.7. The molecule has 0 N–H and O–H groups in total. The van der Waals surface area contributed by atoms with Gasteiger partial charge in [0, 0.05) is 78.5 Å². The van der Waals surface area contributed by atoms with Crippen molar-refractivity contribution in [3.05, 3.63) is 142 Å². The zero-order valence-electron chi connectivity index (χ0n) is 32.8. The van der Waals surface area contributed by atoms with Crippen molar-refractivity contribution in [1.29, 1.82) is 0 Å². The summed E-state index contributed by atoms with van der Waals surface area (Å²) in [5.74, 6) is -1.44. The Balaban J connectivity index is 1.39. The van der Waals surface area contributed by atoms with E-state index in [0.29, 0.717) is 48.4 Å². The number of esters is 4. The van der Waals surface area contributed by atoms with Crippen LogP contribution in [0.15, 0.2) is 97.1 Å². The van der Waals surface area contributed by atoms with Gasteiger partial charge in [0.25, 0.3) is 0 Å². The fraction of sp³-hybridized carbons (Fsp3) is 0.364. The normalized spacial score (nSPS) is 15.2. The first-order chi connectivity index (χ1) is 27.2. The van der Waals surface area contributed by atoms with Crippen LogP contribution >= 0.6 is 0 Å². The zero-order chi connectivity index (χ0) is 39.9. The second-order valence-corrected chi connectivity index (χ2v) is 13.9. The van der Waals surface area contributed by atoms with Crippen LogP contribution in [0.2, 0.25) is 0 Å². The third kappa shape index (κ3) is 12.3. The first-order valence-electron chi connectivity index (χ1n) is 18.8. The number of hydrogen-bond donors (Lipinski definition) is 0. The molecule has 1 heterocycles. The monoisotopic (exact) mass is 764 g/mol. The molecule has 1 aliphatic heterocycles. The summed E-state index contributed by atoms with van der Waals surface area (Å²) in [5.41, 5.74) is 6.47. The first-order valence-corrected chi connectivity index (χ1v) is 18.8. The van der Waals surface area contributed by atoms with E-state index >= 15 is 0 Å². The van der Waals surface area contributed by atoms with Crippen LogP contribution in [-0.4, -0.2) is 124 Å². The van der Waals surface area contributed by atoms with E-state index in [1.54, 1.807) is 0 Å². The van der Waals surface area contributed by atoms with Crippen LogP contribution < -0.4 is 0 Å². The minimum absolute atomic E-state index is 0.361. The molecule has 1 fully saturated rings. The molecule has 4 aromatic carbocycles. The Morgan fingerprint density at radius 1 is 0.339 bits per heavy atom. The average molecular weight is 765 g/mol. The van der Waals surface area contributed by atoms with E-state index < -0.39 is 0 Å². The SMILES string of the molecule is COC(=O)c1ccc(CN2CCN(Cc3ccc(C(=O)OC)cc3)CCN(Cc3ccc(C(=O)OC)cc3)CCN(Cc3ccc(C(=O)OC)cc3)CC2)cc1.